The molecule has 0 atom stereocenters. The smallest absolute Gasteiger partial charge is 0.343 e. The summed E-state index contributed by atoms with van der Waals surface area (Å²) in [5.74, 6) is 0. The summed E-state index contributed by atoms with van der Waals surface area (Å²) in [4.78, 5) is 0. The van der Waals surface area contributed by atoms with Gasteiger partial charge in [0, 0.05) is 0 Å². The van der Waals surface area contributed by atoms with E-state index in [1.54, 1.807) is 0 Å². The summed E-state index contributed by atoms with van der Waals surface area (Å²) in [6, 6.07) is 0. The van der Waals surface area contributed by atoms with Gasteiger partial charge in [-0.15, -0.1) is 0 Å². The van der Waals surface area contributed by atoms with E-state index in [0.29, 0.717) is 0 Å². The molecule has 0 aromatic heterocycles. The van der Waals surface area contributed by atoms with E-state index in [-0.39, 0.29) is 18.9 Å². The molecule has 0 aliphatic carbocycles. The van der Waals surface area contributed by atoms with Crippen LogP contribution in [0.3, 0.4) is 0 Å². The predicted molar refractivity (Wildman–Crippen MR) is 59.3 cm³/mol. The molecule has 0 aromatic rings. The molecule has 76 valence electrons. The fourth-order valence-corrected chi connectivity index (χ4v) is 0.854. The summed E-state index contributed by atoms with van der Waals surface area (Å²) in [5.41, 5.74) is 0. The Labute approximate surface area is 98.1 Å². The van der Waals surface area contributed by atoms with E-state index in [1.807, 2.05) is 0 Å². The van der Waals surface area contributed by atoms with E-state index in [1.165, 1.54) is 44.9 Å². The van der Waals surface area contributed by atoms with Crippen LogP contribution in [0.4, 0.5) is 0 Å². The zero-order chi connectivity index (χ0) is 9.66. The van der Waals surface area contributed by atoms with Gasteiger partial charge in [0.05, 0.1) is 0 Å². The molecule has 0 N–H and O–H groups in total. The minimum Gasteiger partial charge on any atom is -0.343 e. The third-order valence-corrected chi connectivity index (χ3v) is 1.81. The van der Waals surface area contributed by atoms with Gasteiger partial charge in [0.2, 0.25) is 0 Å². The van der Waals surface area contributed by atoms with Crippen LogP contribution in [0.25, 0.3) is 0 Å². The van der Waals surface area contributed by atoms with Gasteiger partial charge in [-0.25, -0.2) is 0 Å². The average molecular weight is 178 g/mol. The van der Waals surface area contributed by atoms with E-state index >= 15 is 0 Å². The van der Waals surface area contributed by atoms with Crippen LogP contribution in [0.15, 0.2) is 0 Å². The monoisotopic (exact) mass is 178 g/mol. The quantitative estimate of drug-likeness (QED) is 0.331. The first kappa shape index (κ1) is 19.2. The van der Waals surface area contributed by atoms with Crippen LogP contribution in [0.5, 0.6) is 0 Å². The second-order valence-electron chi connectivity index (χ2n) is 3.27. The normalized spacial score (nSPS) is 8.31. The Balaban J connectivity index is -0.000000173. The summed E-state index contributed by atoms with van der Waals surface area (Å²) < 4.78 is 0. The fraction of sp³-hybridized carbons (Fsp3) is 0.917. The molecule has 0 aromatic carbocycles. The van der Waals surface area contributed by atoms with Gasteiger partial charge in [0.25, 0.3) is 0 Å². The van der Waals surface area contributed by atoms with Crippen LogP contribution in [0.1, 0.15) is 72.1 Å². The zero-order valence-corrected chi connectivity index (χ0v) is 10.4. The summed E-state index contributed by atoms with van der Waals surface area (Å²) in [7, 11) is 0. The van der Waals surface area contributed by atoms with Crippen LogP contribution in [-0.4, -0.2) is 0 Å². The first-order valence-electron chi connectivity index (χ1n) is 5.62. The van der Waals surface area contributed by atoms with Crippen molar-refractivity contribution < 1.29 is 18.9 Å². The molecule has 0 aliphatic rings. The second-order valence-corrected chi connectivity index (χ2v) is 3.27. The Kier molecular flexibility index (Phi) is 33.9. The standard InChI is InChI=1S/C8H18.C4H9.Li/c1-3-5-7-8-6-4-2;1-3-4-2;/h3-8H2,1-2H3;1,3-4H2,2H3;/q;-1;+1. The molecule has 0 saturated heterocycles. The Hall–Kier alpha value is 0.597. The number of hydrogen-bond acceptors (Lipinski definition) is 0. The SMILES string of the molecule is CCCCCCCC.[CH2-]CCC.[Li+]. The van der Waals surface area contributed by atoms with Crippen molar-refractivity contribution in [1.29, 1.82) is 0 Å². The molecule has 13 heavy (non-hydrogen) atoms. The molecule has 0 saturated carbocycles. The molecular formula is C12H27Li. The summed E-state index contributed by atoms with van der Waals surface area (Å²) in [5, 5.41) is 0. The maximum absolute atomic E-state index is 3.60. The average Bonchev–Trinajstić information content (AvgIpc) is 2.13. The van der Waals surface area contributed by atoms with E-state index in [0.717, 1.165) is 6.42 Å². The Bertz CT molecular complexity index is 45.1. The maximum Gasteiger partial charge on any atom is 1.00 e. The second kappa shape index (κ2) is 22.9. The van der Waals surface area contributed by atoms with Gasteiger partial charge >= 0.3 is 18.9 Å². The minimum absolute atomic E-state index is 0. The van der Waals surface area contributed by atoms with Crippen molar-refractivity contribution in [3.05, 3.63) is 6.92 Å². The molecule has 0 bridgehead atoms. The van der Waals surface area contributed by atoms with Gasteiger partial charge in [-0.3, -0.25) is 0 Å². The molecule has 0 radical (unpaired) electrons. The predicted octanol–water partition coefficient (Wildman–Crippen LogP) is 1.99. The van der Waals surface area contributed by atoms with Gasteiger partial charge in [0.15, 0.2) is 0 Å². The summed E-state index contributed by atoms with van der Waals surface area (Å²) in [6.45, 7) is 10.2. The third kappa shape index (κ3) is 32.5. The van der Waals surface area contributed by atoms with Crippen molar-refractivity contribution in [2.75, 3.05) is 0 Å². The molecule has 0 rings (SSSR count). The van der Waals surface area contributed by atoms with E-state index in [2.05, 4.69) is 27.7 Å². The summed E-state index contributed by atoms with van der Waals surface area (Å²) >= 11 is 0. The third-order valence-electron chi connectivity index (χ3n) is 1.81. The van der Waals surface area contributed by atoms with E-state index in [4.69, 9.17) is 0 Å². The van der Waals surface area contributed by atoms with Crippen LogP contribution < -0.4 is 18.9 Å². The van der Waals surface area contributed by atoms with Crippen molar-refractivity contribution in [2.45, 2.75) is 72.1 Å². The largest absolute Gasteiger partial charge is 1.00 e. The van der Waals surface area contributed by atoms with Crippen molar-refractivity contribution in [2.24, 2.45) is 0 Å². The van der Waals surface area contributed by atoms with E-state index < -0.39 is 0 Å². The molecule has 1 heteroatoms. The molecular weight excluding hydrogens is 151 g/mol. The van der Waals surface area contributed by atoms with Crippen LogP contribution in [0.2, 0.25) is 0 Å². The molecule has 0 spiro atoms. The number of unbranched alkanes of at least 4 members (excludes halogenated alkanes) is 6. The van der Waals surface area contributed by atoms with Crippen molar-refractivity contribution in [1.82, 2.24) is 0 Å². The zero-order valence-electron chi connectivity index (χ0n) is 10.4. The minimum atomic E-state index is 0. The van der Waals surface area contributed by atoms with Crippen LogP contribution >= 0.6 is 0 Å². The van der Waals surface area contributed by atoms with Gasteiger partial charge in [-0.1, -0.05) is 65.7 Å². The molecule has 0 nitrogen and oxygen atoms in total. The molecule has 0 fully saturated rings. The maximum atomic E-state index is 3.60. The van der Waals surface area contributed by atoms with Gasteiger partial charge in [-0.05, 0) is 0 Å². The first-order chi connectivity index (χ1) is 5.83. The Morgan fingerprint density at radius 2 is 1.00 bits per heavy atom. The number of hydrogen-bond donors (Lipinski definition) is 0. The first-order valence-corrected chi connectivity index (χ1v) is 5.62. The van der Waals surface area contributed by atoms with Crippen molar-refractivity contribution in [3.63, 3.8) is 0 Å². The van der Waals surface area contributed by atoms with Crippen LogP contribution in [0, 0.1) is 6.92 Å². The van der Waals surface area contributed by atoms with Gasteiger partial charge < -0.3 is 6.92 Å². The van der Waals surface area contributed by atoms with Crippen molar-refractivity contribution >= 4 is 0 Å². The summed E-state index contributed by atoms with van der Waals surface area (Å²) in [6.07, 6.45) is 10.8. The number of rotatable bonds is 6. The molecule has 0 amide bonds. The molecule has 0 unspecified atom stereocenters. The molecule has 0 heterocycles. The Morgan fingerprint density at radius 1 is 0.692 bits per heavy atom. The fourth-order valence-electron chi connectivity index (χ4n) is 0.854. The van der Waals surface area contributed by atoms with Crippen molar-refractivity contribution in [3.8, 4) is 0 Å². The topological polar surface area (TPSA) is 0 Å². The van der Waals surface area contributed by atoms with Gasteiger partial charge in [0.1, 0.15) is 0 Å². The van der Waals surface area contributed by atoms with E-state index in [9.17, 15) is 0 Å². The Morgan fingerprint density at radius 3 is 1.15 bits per heavy atom. The van der Waals surface area contributed by atoms with Crippen LogP contribution in [-0.2, 0) is 0 Å². The molecule has 0 aliphatic heterocycles. The van der Waals surface area contributed by atoms with Gasteiger partial charge in [-0.2, -0.15) is 6.42 Å².